The minimum atomic E-state index is -1.01. The molecule has 0 saturated heterocycles. The fourth-order valence-corrected chi connectivity index (χ4v) is 4.30. The van der Waals surface area contributed by atoms with E-state index in [2.05, 4.69) is 22.8 Å². The molecule has 3 rings (SSSR count). The van der Waals surface area contributed by atoms with Crippen LogP contribution in [0.1, 0.15) is 50.2 Å². The summed E-state index contributed by atoms with van der Waals surface area (Å²) in [6.07, 6.45) is -0.419. The number of carbonyl (C=O) groups is 3. The molecule has 1 aliphatic rings. The number of benzene rings is 2. The maximum absolute atomic E-state index is 12.7. The van der Waals surface area contributed by atoms with Gasteiger partial charge in [0, 0.05) is 19.1 Å². The minimum Gasteiger partial charge on any atom is -0.481 e. The largest absolute Gasteiger partial charge is 0.481 e. The van der Waals surface area contributed by atoms with Crippen LogP contribution in [0.25, 0.3) is 11.1 Å². The highest BCUT2D eigenvalue weighted by atomic mass is 16.5. The van der Waals surface area contributed by atoms with Gasteiger partial charge in [-0.2, -0.15) is 0 Å². The predicted octanol–water partition coefficient (Wildman–Crippen LogP) is 3.69. The minimum absolute atomic E-state index is 0.0472. The molecule has 34 heavy (non-hydrogen) atoms. The Kier molecular flexibility index (Phi) is 9.04. The molecule has 8 nitrogen and oxygen atoms in total. The molecule has 0 aromatic heterocycles. The molecular weight excluding hydrogens is 436 g/mol. The average Bonchev–Trinajstić information content (AvgIpc) is 3.14. The highest BCUT2D eigenvalue weighted by Gasteiger charge is 2.29. The first-order valence-electron chi connectivity index (χ1n) is 11.7. The summed E-state index contributed by atoms with van der Waals surface area (Å²) < 4.78 is 10.9. The van der Waals surface area contributed by atoms with E-state index in [1.807, 2.05) is 43.3 Å². The second-order valence-corrected chi connectivity index (χ2v) is 8.23. The molecule has 2 atom stereocenters. The third-order valence-corrected chi connectivity index (χ3v) is 5.84. The van der Waals surface area contributed by atoms with Crippen molar-refractivity contribution in [2.75, 3.05) is 19.8 Å². The zero-order valence-corrected chi connectivity index (χ0v) is 19.6. The van der Waals surface area contributed by atoms with E-state index in [-0.39, 0.29) is 25.5 Å². The van der Waals surface area contributed by atoms with Gasteiger partial charge in [0.2, 0.25) is 5.91 Å². The van der Waals surface area contributed by atoms with Crippen LogP contribution in [0.2, 0.25) is 0 Å². The van der Waals surface area contributed by atoms with Gasteiger partial charge >= 0.3 is 12.1 Å². The third-order valence-electron chi connectivity index (χ3n) is 5.84. The van der Waals surface area contributed by atoms with E-state index in [1.165, 1.54) is 0 Å². The lowest BCUT2D eigenvalue weighted by Gasteiger charge is -2.21. The number of hydrogen-bond donors (Lipinski definition) is 3. The number of carboxylic acid groups (broad SMARTS) is 1. The van der Waals surface area contributed by atoms with Crippen LogP contribution in [-0.2, 0) is 19.1 Å². The Morgan fingerprint density at radius 2 is 1.62 bits per heavy atom. The summed E-state index contributed by atoms with van der Waals surface area (Å²) in [7, 11) is 0. The molecule has 2 amide bonds. The van der Waals surface area contributed by atoms with Crippen LogP contribution in [0.15, 0.2) is 48.5 Å². The Morgan fingerprint density at radius 3 is 2.18 bits per heavy atom. The fraction of sp³-hybridized carbons (Fsp3) is 0.423. The van der Waals surface area contributed by atoms with Crippen LogP contribution in [0.3, 0.4) is 0 Å². The molecule has 1 aliphatic carbocycles. The number of fused-ring (bicyclic) bond motifs is 3. The smallest absolute Gasteiger partial charge is 0.407 e. The quantitative estimate of drug-likeness (QED) is 0.438. The van der Waals surface area contributed by atoms with E-state index in [0.29, 0.717) is 19.4 Å². The van der Waals surface area contributed by atoms with Crippen molar-refractivity contribution < 1.29 is 29.0 Å². The van der Waals surface area contributed by atoms with Gasteiger partial charge < -0.3 is 25.2 Å². The number of hydrogen-bond acceptors (Lipinski definition) is 5. The molecule has 0 fully saturated rings. The van der Waals surface area contributed by atoms with Crippen LogP contribution < -0.4 is 10.6 Å². The van der Waals surface area contributed by atoms with Gasteiger partial charge in [-0.15, -0.1) is 0 Å². The molecule has 0 heterocycles. The maximum Gasteiger partial charge on any atom is 0.407 e. The van der Waals surface area contributed by atoms with E-state index < -0.39 is 30.1 Å². The van der Waals surface area contributed by atoms with Crippen LogP contribution in [0, 0.1) is 0 Å². The van der Waals surface area contributed by atoms with Gasteiger partial charge in [-0.3, -0.25) is 9.59 Å². The van der Waals surface area contributed by atoms with Gasteiger partial charge in [-0.05, 0) is 35.6 Å². The molecule has 0 radical (unpaired) electrons. The maximum atomic E-state index is 12.7. The average molecular weight is 469 g/mol. The number of carboxylic acids is 1. The molecule has 0 aliphatic heterocycles. The molecule has 0 bridgehead atoms. The molecule has 3 N–H and O–H groups in total. The Balaban J connectivity index is 1.58. The van der Waals surface area contributed by atoms with Crippen molar-refractivity contribution in [2.24, 2.45) is 0 Å². The molecule has 0 saturated carbocycles. The summed E-state index contributed by atoms with van der Waals surface area (Å²) in [6.45, 7) is 4.21. The fourth-order valence-electron chi connectivity index (χ4n) is 4.30. The summed E-state index contributed by atoms with van der Waals surface area (Å²) in [4.78, 5) is 36.2. The van der Waals surface area contributed by atoms with E-state index in [4.69, 9.17) is 14.6 Å². The number of aliphatic carboxylic acids is 1. The second kappa shape index (κ2) is 12.2. The SMILES string of the molecule is CCC[C@H](NC(=O)OCC1c2ccccc2-c2ccccc21)C(=O)NCC(CC(=O)O)OCC. The van der Waals surface area contributed by atoms with E-state index in [1.54, 1.807) is 6.92 Å². The van der Waals surface area contributed by atoms with Crippen molar-refractivity contribution in [3.05, 3.63) is 59.7 Å². The number of amides is 2. The Labute approximate surface area is 199 Å². The normalized spacial score (nSPS) is 13.9. The van der Waals surface area contributed by atoms with Crippen molar-refractivity contribution in [2.45, 2.75) is 51.2 Å². The number of ether oxygens (including phenoxy) is 2. The summed E-state index contributed by atoms with van der Waals surface area (Å²) in [6, 6.07) is 15.4. The van der Waals surface area contributed by atoms with Crippen molar-refractivity contribution in [1.29, 1.82) is 0 Å². The zero-order chi connectivity index (χ0) is 24.5. The summed E-state index contributed by atoms with van der Waals surface area (Å²) in [5.74, 6) is -1.47. The lowest BCUT2D eigenvalue weighted by molar-refractivity contribution is -0.140. The molecule has 0 spiro atoms. The van der Waals surface area contributed by atoms with Crippen molar-refractivity contribution in [3.8, 4) is 11.1 Å². The lowest BCUT2D eigenvalue weighted by atomic mass is 9.98. The van der Waals surface area contributed by atoms with Crippen LogP contribution in [0.4, 0.5) is 4.79 Å². The molecule has 2 aromatic carbocycles. The van der Waals surface area contributed by atoms with Crippen LogP contribution >= 0.6 is 0 Å². The standard InChI is InChI=1S/C26H32N2O6/c1-3-9-23(25(31)27-15-17(33-4-2)14-24(29)30)28-26(32)34-16-22-20-12-7-5-10-18(20)19-11-6-8-13-21(19)22/h5-8,10-13,17,22-23H,3-4,9,14-16H2,1-2H3,(H,27,31)(H,28,32)(H,29,30)/t17?,23-/m0/s1. The monoisotopic (exact) mass is 468 g/mol. The molecule has 2 aromatic rings. The van der Waals surface area contributed by atoms with E-state index in [0.717, 1.165) is 22.3 Å². The van der Waals surface area contributed by atoms with Crippen LogP contribution in [0.5, 0.6) is 0 Å². The van der Waals surface area contributed by atoms with E-state index >= 15 is 0 Å². The van der Waals surface area contributed by atoms with Gasteiger partial charge in [-0.25, -0.2) is 4.79 Å². The highest BCUT2D eigenvalue weighted by molar-refractivity contribution is 5.85. The first-order chi connectivity index (χ1) is 16.4. The Morgan fingerprint density at radius 1 is 1.00 bits per heavy atom. The topological polar surface area (TPSA) is 114 Å². The second-order valence-electron chi connectivity index (χ2n) is 8.23. The molecule has 8 heteroatoms. The zero-order valence-electron chi connectivity index (χ0n) is 19.6. The first kappa shape index (κ1) is 25.2. The van der Waals surface area contributed by atoms with Gasteiger partial charge in [0.1, 0.15) is 12.6 Å². The highest BCUT2D eigenvalue weighted by Crippen LogP contribution is 2.44. The van der Waals surface area contributed by atoms with Crippen molar-refractivity contribution >= 4 is 18.0 Å². The third kappa shape index (κ3) is 6.35. The number of carbonyl (C=O) groups excluding carboxylic acids is 2. The molecule has 182 valence electrons. The molecule has 1 unspecified atom stereocenters. The predicted molar refractivity (Wildman–Crippen MR) is 128 cm³/mol. The summed E-state index contributed by atoms with van der Waals surface area (Å²) in [5, 5.41) is 14.3. The van der Waals surface area contributed by atoms with Gasteiger partial charge in [0.25, 0.3) is 0 Å². The first-order valence-corrected chi connectivity index (χ1v) is 11.7. The van der Waals surface area contributed by atoms with Gasteiger partial charge in [0.15, 0.2) is 0 Å². The van der Waals surface area contributed by atoms with Crippen molar-refractivity contribution in [3.63, 3.8) is 0 Å². The summed E-state index contributed by atoms with van der Waals surface area (Å²) in [5.41, 5.74) is 4.50. The number of rotatable bonds is 12. The van der Waals surface area contributed by atoms with E-state index in [9.17, 15) is 14.4 Å². The van der Waals surface area contributed by atoms with Crippen LogP contribution in [-0.4, -0.2) is 55.0 Å². The number of nitrogens with one attached hydrogen (secondary N) is 2. The lowest BCUT2D eigenvalue weighted by Crippen LogP contribution is -2.49. The summed E-state index contributed by atoms with van der Waals surface area (Å²) >= 11 is 0. The number of alkyl carbamates (subject to hydrolysis) is 1. The van der Waals surface area contributed by atoms with Gasteiger partial charge in [0.05, 0.1) is 12.5 Å². The Bertz CT molecular complexity index is 963. The van der Waals surface area contributed by atoms with Gasteiger partial charge in [-0.1, -0.05) is 61.9 Å². The molecular formula is C26H32N2O6. The Hall–Kier alpha value is -3.39. The van der Waals surface area contributed by atoms with Crippen molar-refractivity contribution in [1.82, 2.24) is 10.6 Å².